The Morgan fingerprint density at radius 2 is 1.15 bits per heavy atom. The second kappa shape index (κ2) is 6.74. The fourth-order valence-electron chi connectivity index (χ4n) is 1.68. The molecule has 1 aromatic carbocycles. The molecular weight excluding hydrogens is 332 g/mol. The summed E-state index contributed by atoms with van der Waals surface area (Å²) >= 11 is 0. The van der Waals surface area contributed by atoms with Crippen LogP contribution in [-0.4, -0.2) is 27.5 Å². The van der Waals surface area contributed by atoms with E-state index in [1.165, 1.54) is 0 Å². The molecular formula is C12H8CuN2O4S. The van der Waals surface area contributed by atoms with Gasteiger partial charge in [-0.05, 0) is 12.1 Å². The van der Waals surface area contributed by atoms with E-state index in [0.717, 1.165) is 21.8 Å². The first kappa shape index (κ1) is 16.5. The fourth-order valence-corrected chi connectivity index (χ4v) is 1.68. The number of benzene rings is 1. The zero-order valence-electron chi connectivity index (χ0n) is 9.86. The minimum atomic E-state index is -5.17. The van der Waals surface area contributed by atoms with Crippen molar-refractivity contribution < 1.29 is 34.6 Å². The van der Waals surface area contributed by atoms with Gasteiger partial charge in [-0.2, -0.15) is 0 Å². The van der Waals surface area contributed by atoms with Gasteiger partial charge in [0.25, 0.3) is 0 Å². The molecule has 6 nitrogen and oxygen atoms in total. The molecule has 0 unspecified atom stereocenters. The van der Waals surface area contributed by atoms with Gasteiger partial charge in [-0.3, -0.25) is 18.4 Å². The third-order valence-corrected chi connectivity index (χ3v) is 2.34. The largest absolute Gasteiger partial charge is 2.00 e. The molecule has 0 bridgehead atoms. The van der Waals surface area contributed by atoms with Gasteiger partial charge < -0.3 is 9.11 Å². The summed E-state index contributed by atoms with van der Waals surface area (Å²) in [4.78, 5) is 8.69. The maximum Gasteiger partial charge on any atom is 2.00 e. The van der Waals surface area contributed by atoms with E-state index in [2.05, 4.69) is 34.2 Å². The molecule has 8 heteroatoms. The fraction of sp³-hybridized carbons (Fsp3) is 0. The normalized spacial score (nSPS) is 10.5. The van der Waals surface area contributed by atoms with Crippen LogP contribution in [0.1, 0.15) is 0 Å². The van der Waals surface area contributed by atoms with Crippen LogP contribution in [-0.2, 0) is 27.5 Å². The average Bonchev–Trinajstić information content (AvgIpc) is 2.37. The van der Waals surface area contributed by atoms with Crippen molar-refractivity contribution in [2.75, 3.05) is 0 Å². The first-order valence-corrected chi connectivity index (χ1v) is 6.53. The zero-order valence-corrected chi connectivity index (χ0v) is 11.6. The van der Waals surface area contributed by atoms with E-state index in [0.29, 0.717) is 0 Å². The Kier molecular flexibility index (Phi) is 5.55. The number of aromatic nitrogens is 2. The molecule has 0 aliphatic heterocycles. The van der Waals surface area contributed by atoms with Crippen molar-refractivity contribution in [3.8, 4) is 0 Å². The first-order valence-electron chi connectivity index (χ1n) is 5.20. The summed E-state index contributed by atoms with van der Waals surface area (Å²) in [7, 11) is -5.17. The van der Waals surface area contributed by atoms with Crippen molar-refractivity contribution in [3.63, 3.8) is 0 Å². The molecule has 0 aliphatic rings. The molecule has 0 saturated carbocycles. The summed E-state index contributed by atoms with van der Waals surface area (Å²) in [6.07, 6.45) is 3.60. The van der Waals surface area contributed by atoms with Crippen molar-refractivity contribution in [1.29, 1.82) is 0 Å². The number of nitrogens with zero attached hydrogens (tertiary/aromatic N) is 2. The van der Waals surface area contributed by atoms with Gasteiger partial charge in [0.1, 0.15) is 0 Å². The van der Waals surface area contributed by atoms with Crippen LogP contribution in [0.3, 0.4) is 0 Å². The van der Waals surface area contributed by atoms with Gasteiger partial charge in [0.2, 0.25) is 0 Å². The average molecular weight is 340 g/mol. The van der Waals surface area contributed by atoms with Crippen LogP contribution in [0.25, 0.3) is 21.8 Å². The molecule has 3 aromatic rings. The Morgan fingerprint density at radius 3 is 1.50 bits per heavy atom. The Balaban J connectivity index is 0.000000293. The maximum absolute atomic E-state index is 8.52. The number of rotatable bonds is 0. The number of hydrogen-bond acceptors (Lipinski definition) is 6. The molecule has 0 saturated heterocycles. The van der Waals surface area contributed by atoms with Gasteiger partial charge in [0, 0.05) is 33.6 Å². The quantitative estimate of drug-likeness (QED) is 0.265. The molecule has 0 atom stereocenters. The number of pyridine rings is 2. The van der Waals surface area contributed by atoms with Crippen molar-refractivity contribution in [2.45, 2.75) is 0 Å². The van der Waals surface area contributed by atoms with Gasteiger partial charge in [-0.15, -0.1) is 0 Å². The molecule has 0 N–H and O–H groups in total. The molecule has 2 aromatic heterocycles. The van der Waals surface area contributed by atoms with Crippen molar-refractivity contribution >= 4 is 32.2 Å². The molecule has 0 amide bonds. The Labute approximate surface area is 125 Å². The second-order valence-corrected chi connectivity index (χ2v) is 4.44. The molecule has 3 rings (SSSR count). The smallest absolute Gasteiger partial charge is 0.759 e. The van der Waals surface area contributed by atoms with Crippen LogP contribution in [0.15, 0.2) is 48.8 Å². The van der Waals surface area contributed by atoms with Crippen LogP contribution in [0, 0.1) is 0 Å². The van der Waals surface area contributed by atoms with Gasteiger partial charge >= 0.3 is 17.1 Å². The zero-order chi connectivity index (χ0) is 13.9. The summed E-state index contributed by atoms with van der Waals surface area (Å²) in [6.45, 7) is 0. The van der Waals surface area contributed by atoms with Gasteiger partial charge in [0.15, 0.2) is 0 Å². The SMILES string of the molecule is O=S(=O)([O-])[O-].[Cu+2].c1cnc2c(c1)ccc1cccnc12. The van der Waals surface area contributed by atoms with Gasteiger partial charge in [-0.1, -0.05) is 24.3 Å². The summed E-state index contributed by atoms with van der Waals surface area (Å²) in [6, 6.07) is 12.1. The van der Waals surface area contributed by atoms with E-state index in [1.54, 1.807) is 12.4 Å². The van der Waals surface area contributed by atoms with Crippen LogP contribution in [0.2, 0.25) is 0 Å². The predicted molar refractivity (Wildman–Crippen MR) is 67.5 cm³/mol. The molecule has 1 radical (unpaired) electrons. The minimum Gasteiger partial charge on any atom is -0.759 e. The van der Waals surface area contributed by atoms with Crippen LogP contribution < -0.4 is 0 Å². The molecule has 20 heavy (non-hydrogen) atoms. The van der Waals surface area contributed by atoms with Crippen LogP contribution in [0.4, 0.5) is 0 Å². The van der Waals surface area contributed by atoms with E-state index >= 15 is 0 Å². The number of hydrogen-bond donors (Lipinski definition) is 0. The molecule has 0 spiro atoms. The summed E-state index contributed by atoms with van der Waals surface area (Å²) < 4.78 is 34.1. The number of fused-ring (bicyclic) bond motifs is 3. The monoisotopic (exact) mass is 339 g/mol. The van der Waals surface area contributed by atoms with Crippen molar-refractivity contribution in [1.82, 2.24) is 9.97 Å². The summed E-state index contributed by atoms with van der Waals surface area (Å²) in [5.74, 6) is 0. The second-order valence-electron chi connectivity index (χ2n) is 3.62. The van der Waals surface area contributed by atoms with E-state index in [1.807, 2.05) is 12.1 Å². The molecule has 107 valence electrons. The predicted octanol–water partition coefficient (Wildman–Crippen LogP) is 1.44. The van der Waals surface area contributed by atoms with Crippen LogP contribution >= 0.6 is 0 Å². The van der Waals surface area contributed by atoms with Gasteiger partial charge in [0.05, 0.1) is 11.0 Å². The van der Waals surface area contributed by atoms with E-state index < -0.39 is 10.4 Å². The third-order valence-electron chi connectivity index (χ3n) is 2.34. The van der Waals surface area contributed by atoms with Crippen LogP contribution in [0.5, 0.6) is 0 Å². The molecule has 0 fully saturated rings. The standard InChI is InChI=1S/C12H8N2.Cu.H2O4S/c1-3-9-5-6-10-4-2-8-14-12(10)11(9)13-7-1;;1-5(2,3)4/h1-8H;;(H2,1,2,3,4)/q;+2;/p-2. The Bertz CT molecular complexity index is 761. The summed E-state index contributed by atoms with van der Waals surface area (Å²) in [5, 5.41) is 2.28. The van der Waals surface area contributed by atoms with E-state index in [-0.39, 0.29) is 17.1 Å². The molecule has 0 aliphatic carbocycles. The first-order chi connectivity index (χ1) is 8.95. The Hall–Kier alpha value is -1.57. The maximum atomic E-state index is 8.52. The Morgan fingerprint density at radius 1 is 0.800 bits per heavy atom. The van der Waals surface area contributed by atoms with Gasteiger partial charge in [-0.25, -0.2) is 0 Å². The minimum absolute atomic E-state index is 0. The topological polar surface area (TPSA) is 106 Å². The van der Waals surface area contributed by atoms with Crippen molar-refractivity contribution in [2.24, 2.45) is 0 Å². The van der Waals surface area contributed by atoms with Crippen molar-refractivity contribution in [3.05, 3.63) is 48.8 Å². The summed E-state index contributed by atoms with van der Waals surface area (Å²) in [5.41, 5.74) is 1.95. The third kappa shape index (κ3) is 4.52. The molecule has 2 heterocycles. The van der Waals surface area contributed by atoms with E-state index in [9.17, 15) is 0 Å². The van der Waals surface area contributed by atoms with E-state index in [4.69, 9.17) is 17.5 Å².